The highest BCUT2D eigenvalue weighted by molar-refractivity contribution is 5.76. The summed E-state index contributed by atoms with van der Waals surface area (Å²) in [6, 6.07) is 5.43. The van der Waals surface area contributed by atoms with Gasteiger partial charge < -0.3 is 5.73 Å². The highest BCUT2D eigenvalue weighted by Crippen LogP contribution is 2.04. The van der Waals surface area contributed by atoms with Gasteiger partial charge in [-0.1, -0.05) is 6.07 Å². The van der Waals surface area contributed by atoms with E-state index in [4.69, 9.17) is 5.73 Å². The molecule has 1 amide bonds. The molecule has 2 N–H and O–H groups in total. The summed E-state index contributed by atoms with van der Waals surface area (Å²) < 4.78 is 1.65. The predicted molar refractivity (Wildman–Crippen MR) is 54.3 cm³/mol. The van der Waals surface area contributed by atoms with Crippen molar-refractivity contribution in [3.8, 4) is 5.82 Å². The first-order chi connectivity index (χ1) is 7.25. The second-order valence-electron chi connectivity index (χ2n) is 3.12. The molecule has 0 saturated carbocycles. The molecule has 2 rings (SSSR count). The second-order valence-corrected chi connectivity index (χ2v) is 3.12. The number of hydrogen-bond donors (Lipinski definition) is 1. The molecule has 0 atom stereocenters. The van der Waals surface area contributed by atoms with E-state index < -0.39 is 0 Å². The van der Waals surface area contributed by atoms with Crippen LogP contribution in [0.1, 0.15) is 5.56 Å². The van der Waals surface area contributed by atoms with E-state index in [1.165, 1.54) is 0 Å². The molecule has 2 aromatic heterocycles. The van der Waals surface area contributed by atoms with Crippen molar-refractivity contribution in [1.29, 1.82) is 0 Å². The highest BCUT2D eigenvalue weighted by Gasteiger charge is 2.00. The summed E-state index contributed by atoms with van der Waals surface area (Å²) in [5.74, 6) is 0.358. The zero-order chi connectivity index (χ0) is 10.7. The Labute approximate surface area is 86.5 Å². The van der Waals surface area contributed by atoms with Gasteiger partial charge >= 0.3 is 0 Å². The van der Waals surface area contributed by atoms with Gasteiger partial charge in [0, 0.05) is 18.6 Å². The van der Waals surface area contributed by atoms with E-state index in [-0.39, 0.29) is 12.3 Å². The Kier molecular flexibility index (Phi) is 2.45. The van der Waals surface area contributed by atoms with Crippen LogP contribution in [0.15, 0.2) is 36.8 Å². The fourth-order valence-electron chi connectivity index (χ4n) is 1.26. The normalized spacial score (nSPS) is 10.1. The summed E-state index contributed by atoms with van der Waals surface area (Å²) in [5, 5.41) is 4.04. The molecule has 2 heterocycles. The molecule has 0 unspecified atom stereocenters. The van der Waals surface area contributed by atoms with Gasteiger partial charge in [0.05, 0.1) is 6.42 Å². The number of nitrogens with zero attached hydrogens (tertiary/aromatic N) is 3. The van der Waals surface area contributed by atoms with Gasteiger partial charge in [0.15, 0.2) is 5.82 Å². The molecular formula is C10H10N4O. The van der Waals surface area contributed by atoms with E-state index >= 15 is 0 Å². The number of hydrogen-bond acceptors (Lipinski definition) is 3. The summed E-state index contributed by atoms with van der Waals surface area (Å²) >= 11 is 0. The zero-order valence-corrected chi connectivity index (χ0v) is 8.00. The Morgan fingerprint density at radius 2 is 2.33 bits per heavy atom. The zero-order valence-electron chi connectivity index (χ0n) is 8.00. The first-order valence-corrected chi connectivity index (χ1v) is 4.49. The van der Waals surface area contributed by atoms with Crippen LogP contribution in [0.4, 0.5) is 0 Å². The van der Waals surface area contributed by atoms with Gasteiger partial charge in [0.25, 0.3) is 0 Å². The van der Waals surface area contributed by atoms with Crippen molar-refractivity contribution in [2.24, 2.45) is 5.73 Å². The molecule has 76 valence electrons. The van der Waals surface area contributed by atoms with Gasteiger partial charge in [-0.25, -0.2) is 9.67 Å². The van der Waals surface area contributed by atoms with E-state index in [1.807, 2.05) is 12.1 Å². The lowest BCUT2D eigenvalue weighted by molar-refractivity contribution is -0.117. The maximum atomic E-state index is 10.7. The van der Waals surface area contributed by atoms with Gasteiger partial charge in [0.1, 0.15) is 0 Å². The van der Waals surface area contributed by atoms with Gasteiger partial charge in [0.2, 0.25) is 5.91 Å². The van der Waals surface area contributed by atoms with Crippen LogP contribution in [-0.2, 0) is 11.2 Å². The molecule has 0 fully saturated rings. The van der Waals surface area contributed by atoms with Crippen LogP contribution in [0.2, 0.25) is 0 Å². The molecule has 0 radical (unpaired) electrons. The molecule has 0 aliphatic rings. The minimum absolute atomic E-state index is 0.215. The number of carbonyl (C=O) groups excluding carboxylic acids is 1. The lowest BCUT2D eigenvalue weighted by Gasteiger charge is -2.01. The van der Waals surface area contributed by atoms with E-state index in [0.29, 0.717) is 5.82 Å². The van der Waals surface area contributed by atoms with Crippen molar-refractivity contribution in [2.45, 2.75) is 6.42 Å². The molecule has 5 nitrogen and oxygen atoms in total. The van der Waals surface area contributed by atoms with Gasteiger partial charge in [-0.2, -0.15) is 5.10 Å². The summed E-state index contributed by atoms with van der Waals surface area (Å²) in [4.78, 5) is 14.8. The third kappa shape index (κ3) is 2.19. The Morgan fingerprint density at radius 3 is 2.87 bits per heavy atom. The number of amides is 1. The smallest absolute Gasteiger partial charge is 0.221 e. The number of primary amides is 1. The summed E-state index contributed by atoms with van der Waals surface area (Å²) in [7, 11) is 0. The third-order valence-corrected chi connectivity index (χ3v) is 1.93. The van der Waals surface area contributed by atoms with Crippen LogP contribution in [0.25, 0.3) is 5.82 Å². The van der Waals surface area contributed by atoms with Crippen molar-refractivity contribution >= 4 is 5.91 Å². The lowest BCUT2D eigenvalue weighted by Crippen LogP contribution is -2.13. The van der Waals surface area contributed by atoms with E-state index in [0.717, 1.165) is 5.56 Å². The first kappa shape index (κ1) is 9.39. The molecule has 0 saturated heterocycles. The van der Waals surface area contributed by atoms with Crippen LogP contribution in [-0.4, -0.2) is 20.7 Å². The highest BCUT2D eigenvalue weighted by atomic mass is 16.1. The monoisotopic (exact) mass is 202 g/mol. The number of pyridine rings is 1. The fourth-order valence-corrected chi connectivity index (χ4v) is 1.26. The quantitative estimate of drug-likeness (QED) is 0.777. The van der Waals surface area contributed by atoms with Crippen LogP contribution < -0.4 is 5.73 Å². The molecular weight excluding hydrogens is 192 g/mol. The molecule has 2 aromatic rings. The average Bonchev–Trinajstić information content (AvgIpc) is 2.71. The van der Waals surface area contributed by atoms with E-state index in [1.54, 1.807) is 29.3 Å². The second kappa shape index (κ2) is 3.91. The molecule has 0 aromatic carbocycles. The molecule has 0 spiro atoms. The Hall–Kier alpha value is -2.17. The van der Waals surface area contributed by atoms with Crippen molar-refractivity contribution in [1.82, 2.24) is 14.8 Å². The Bertz CT molecular complexity index is 447. The molecule has 5 heteroatoms. The number of nitrogens with two attached hydrogens (primary N) is 1. The van der Waals surface area contributed by atoms with Crippen molar-refractivity contribution in [3.63, 3.8) is 0 Å². The fraction of sp³-hybridized carbons (Fsp3) is 0.100. The van der Waals surface area contributed by atoms with Crippen molar-refractivity contribution in [3.05, 3.63) is 42.4 Å². The summed E-state index contributed by atoms with van der Waals surface area (Å²) in [6.07, 6.45) is 5.32. The number of carbonyl (C=O) groups is 1. The standard InChI is InChI=1S/C10H10N4O/c11-9(15)6-8-2-3-10(12-7-8)14-5-1-4-13-14/h1-5,7H,6H2,(H2,11,15). The topological polar surface area (TPSA) is 73.8 Å². The molecule has 0 aliphatic heterocycles. The van der Waals surface area contributed by atoms with E-state index in [2.05, 4.69) is 10.1 Å². The Balaban J connectivity index is 2.21. The van der Waals surface area contributed by atoms with Gasteiger partial charge in [-0.15, -0.1) is 0 Å². The molecule has 15 heavy (non-hydrogen) atoms. The molecule has 0 bridgehead atoms. The lowest BCUT2D eigenvalue weighted by atomic mass is 10.2. The van der Waals surface area contributed by atoms with Crippen LogP contribution in [0.3, 0.4) is 0 Å². The van der Waals surface area contributed by atoms with Crippen molar-refractivity contribution in [2.75, 3.05) is 0 Å². The Morgan fingerprint density at radius 1 is 1.47 bits per heavy atom. The third-order valence-electron chi connectivity index (χ3n) is 1.93. The van der Waals surface area contributed by atoms with Gasteiger partial charge in [-0.05, 0) is 17.7 Å². The summed E-state index contributed by atoms with van der Waals surface area (Å²) in [5.41, 5.74) is 5.88. The first-order valence-electron chi connectivity index (χ1n) is 4.49. The van der Waals surface area contributed by atoms with Gasteiger partial charge in [-0.3, -0.25) is 4.79 Å². The maximum Gasteiger partial charge on any atom is 0.221 e. The maximum absolute atomic E-state index is 10.7. The largest absolute Gasteiger partial charge is 0.369 e. The van der Waals surface area contributed by atoms with Crippen LogP contribution >= 0.6 is 0 Å². The van der Waals surface area contributed by atoms with E-state index in [9.17, 15) is 4.79 Å². The van der Waals surface area contributed by atoms with Crippen molar-refractivity contribution < 1.29 is 4.79 Å². The molecule has 0 aliphatic carbocycles. The predicted octanol–water partition coefficient (Wildman–Crippen LogP) is 0.295. The SMILES string of the molecule is NC(=O)Cc1ccc(-n2cccn2)nc1. The minimum Gasteiger partial charge on any atom is -0.369 e. The van der Waals surface area contributed by atoms with Crippen LogP contribution in [0, 0.1) is 0 Å². The number of aromatic nitrogens is 3. The number of rotatable bonds is 3. The average molecular weight is 202 g/mol. The summed E-state index contributed by atoms with van der Waals surface area (Å²) in [6.45, 7) is 0. The minimum atomic E-state index is -0.358. The van der Waals surface area contributed by atoms with Crippen LogP contribution in [0.5, 0.6) is 0 Å².